The Kier molecular flexibility index (Phi) is 5.78. The molecule has 2 heterocycles. The number of carboxylic acids is 1. The molecule has 0 aliphatic carbocycles. The zero-order valence-corrected chi connectivity index (χ0v) is 13.3. The Hall–Kier alpha value is -2.63. The number of nitrogens with one attached hydrogen (secondary N) is 1. The molecule has 3 rings (SSSR count). The van der Waals surface area contributed by atoms with Gasteiger partial charge in [0.15, 0.2) is 0 Å². The van der Waals surface area contributed by atoms with Gasteiger partial charge in [0.2, 0.25) is 5.82 Å². The zero-order chi connectivity index (χ0) is 20.4. The van der Waals surface area contributed by atoms with Crippen molar-refractivity contribution < 1.29 is 40.6 Å². The standard InChI is InChI=1S/C13H11F4N3.C2HF3O2/c14-9-3-1-8(2-4-9)11-10-7-18-5-6-20(10)12(19-11)13(15,16)17;3-2(4,5)1(6)7/h1-4,18H,5-7H2;(H,6,7). The molecule has 0 atom stereocenters. The second-order valence-corrected chi connectivity index (χ2v) is 5.37. The molecule has 1 aliphatic heterocycles. The minimum atomic E-state index is -5.08. The first-order valence-electron chi connectivity index (χ1n) is 7.34. The first-order chi connectivity index (χ1) is 12.4. The first-order valence-corrected chi connectivity index (χ1v) is 7.34. The number of rotatable bonds is 1. The van der Waals surface area contributed by atoms with Gasteiger partial charge >= 0.3 is 18.3 Å². The predicted octanol–water partition coefficient (Wildman–Crippen LogP) is 3.44. The largest absolute Gasteiger partial charge is 0.490 e. The van der Waals surface area contributed by atoms with Gasteiger partial charge in [0.05, 0.1) is 11.4 Å². The Morgan fingerprint density at radius 3 is 2.15 bits per heavy atom. The summed E-state index contributed by atoms with van der Waals surface area (Å²) in [5.41, 5.74) is 1.22. The summed E-state index contributed by atoms with van der Waals surface area (Å²) in [4.78, 5) is 12.6. The van der Waals surface area contributed by atoms with Crippen molar-refractivity contribution >= 4 is 5.97 Å². The molecule has 1 aromatic heterocycles. The van der Waals surface area contributed by atoms with E-state index in [1.165, 1.54) is 28.8 Å². The monoisotopic (exact) mass is 399 g/mol. The number of hydrogen-bond donors (Lipinski definition) is 2. The van der Waals surface area contributed by atoms with E-state index in [1.807, 2.05) is 0 Å². The van der Waals surface area contributed by atoms with Gasteiger partial charge in [-0.3, -0.25) is 0 Å². The van der Waals surface area contributed by atoms with E-state index in [-0.39, 0.29) is 12.2 Å². The number of imidazole rings is 1. The van der Waals surface area contributed by atoms with Crippen LogP contribution >= 0.6 is 0 Å². The predicted molar refractivity (Wildman–Crippen MR) is 78.0 cm³/mol. The first kappa shape index (κ1) is 20.7. The Balaban J connectivity index is 0.000000321. The van der Waals surface area contributed by atoms with E-state index in [0.29, 0.717) is 24.3 Å². The van der Waals surface area contributed by atoms with Crippen molar-refractivity contribution in [1.29, 1.82) is 0 Å². The lowest BCUT2D eigenvalue weighted by Crippen LogP contribution is -2.30. The second kappa shape index (κ2) is 7.55. The number of halogens is 7. The molecule has 27 heavy (non-hydrogen) atoms. The van der Waals surface area contributed by atoms with Crippen LogP contribution in [0.4, 0.5) is 30.7 Å². The van der Waals surface area contributed by atoms with E-state index in [1.54, 1.807) is 0 Å². The van der Waals surface area contributed by atoms with Gasteiger partial charge in [-0.2, -0.15) is 26.3 Å². The fourth-order valence-electron chi connectivity index (χ4n) is 2.36. The minimum absolute atomic E-state index is 0.221. The number of carbonyl (C=O) groups is 1. The summed E-state index contributed by atoms with van der Waals surface area (Å²) >= 11 is 0. The maximum absolute atomic E-state index is 13.0. The quantitative estimate of drug-likeness (QED) is 0.721. The van der Waals surface area contributed by atoms with Crippen LogP contribution in [-0.4, -0.2) is 33.3 Å². The third kappa shape index (κ3) is 4.96. The molecule has 0 amide bonds. The summed E-state index contributed by atoms with van der Waals surface area (Å²) in [7, 11) is 0. The molecule has 0 radical (unpaired) electrons. The highest BCUT2D eigenvalue weighted by Gasteiger charge is 2.39. The van der Waals surface area contributed by atoms with E-state index in [9.17, 15) is 30.7 Å². The molecule has 1 aliphatic rings. The number of aliphatic carboxylic acids is 1. The molecule has 12 heteroatoms. The van der Waals surface area contributed by atoms with Gasteiger partial charge in [-0.05, 0) is 24.3 Å². The van der Waals surface area contributed by atoms with Crippen molar-refractivity contribution in [2.75, 3.05) is 6.54 Å². The van der Waals surface area contributed by atoms with Crippen LogP contribution in [-0.2, 0) is 24.1 Å². The zero-order valence-electron chi connectivity index (χ0n) is 13.3. The third-order valence-electron chi connectivity index (χ3n) is 3.49. The molecular weight excluding hydrogens is 387 g/mol. The van der Waals surface area contributed by atoms with E-state index in [0.717, 1.165) is 0 Å². The van der Waals surface area contributed by atoms with Gasteiger partial charge in [-0.1, -0.05) is 0 Å². The topological polar surface area (TPSA) is 67.2 Å². The van der Waals surface area contributed by atoms with Crippen molar-refractivity contribution in [1.82, 2.24) is 14.9 Å². The number of carboxylic acid groups (broad SMARTS) is 1. The van der Waals surface area contributed by atoms with Crippen LogP contribution in [0.5, 0.6) is 0 Å². The molecular formula is C15H12F7N3O2. The van der Waals surface area contributed by atoms with Crippen LogP contribution in [0.15, 0.2) is 24.3 Å². The van der Waals surface area contributed by atoms with Crippen molar-refractivity contribution in [3.05, 3.63) is 41.6 Å². The summed E-state index contributed by atoms with van der Waals surface area (Å²) in [5.74, 6) is -4.09. The van der Waals surface area contributed by atoms with E-state index < -0.39 is 30.0 Å². The van der Waals surface area contributed by atoms with Crippen LogP contribution in [0.25, 0.3) is 11.3 Å². The maximum Gasteiger partial charge on any atom is 0.490 e. The molecule has 0 bridgehead atoms. The number of hydrogen-bond acceptors (Lipinski definition) is 3. The van der Waals surface area contributed by atoms with Crippen LogP contribution < -0.4 is 5.32 Å². The lowest BCUT2D eigenvalue weighted by Gasteiger charge is -2.19. The third-order valence-corrected chi connectivity index (χ3v) is 3.49. The summed E-state index contributed by atoms with van der Waals surface area (Å²) in [5, 5.41) is 10.1. The Labute approximate surface area is 147 Å². The van der Waals surface area contributed by atoms with Crippen LogP contribution in [0.3, 0.4) is 0 Å². The summed E-state index contributed by atoms with van der Waals surface area (Å²) < 4.78 is 84.9. The van der Waals surface area contributed by atoms with Gasteiger partial charge in [-0.25, -0.2) is 14.2 Å². The van der Waals surface area contributed by atoms with Crippen LogP contribution in [0.1, 0.15) is 11.5 Å². The second-order valence-electron chi connectivity index (χ2n) is 5.37. The van der Waals surface area contributed by atoms with Crippen molar-refractivity contribution in [3.63, 3.8) is 0 Å². The van der Waals surface area contributed by atoms with Gasteiger partial charge in [0.1, 0.15) is 5.82 Å². The highest BCUT2D eigenvalue weighted by molar-refractivity contribution is 5.73. The van der Waals surface area contributed by atoms with Gasteiger partial charge in [-0.15, -0.1) is 0 Å². The van der Waals surface area contributed by atoms with E-state index in [4.69, 9.17) is 9.90 Å². The molecule has 148 valence electrons. The van der Waals surface area contributed by atoms with Crippen molar-refractivity contribution in [2.24, 2.45) is 0 Å². The molecule has 2 N–H and O–H groups in total. The Morgan fingerprint density at radius 2 is 1.67 bits per heavy atom. The van der Waals surface area contributed by atoms with Gasteiger partial charge in [0, 0.05) is 25.2 Å². The Morgan fingerprint density at radius 1 is 1.11 bits per heavy atom. The fraction of sp³-hybridized carbons (Fsp3) is 0.333. The average molecular weight is 399 g/mol. The molecule has 0 spiro atoms. The fourth-order valence-corrected chi connectivity index (χ4v) is 2.36. The Bertz CT molecular complexity index is 811. The normalized spacial score (nSPS) is 14.2. The maximum atomic E-state index is 13.0. The highest BCUT2D eigenvalue weighted by atomic mass is 19.4. The number of fused-ring (bicyclic) bond motifs is 1. The van der Waals surface area contributed by atoms with Crippen LogP contribution in [0.2, 0.25) is 0 Å². The van der Waals surface area contributed by atoms with Gasteiger partial charge in [0.25, 0.3) is 0 Å². The number of alkyl halides is 6. The number of benzene rings is 1. The van der Waals surface area contributed by atoms with Crippen molar-refractivity contribution in [2.45, 2.75) is 25.4 Å². The SMILES string of the molecule is Fc1ccc(-c2nc(C(F)(F)F)n3c2CNCC3)cc1.O=C(O)C(F)(F)F. The summed E-state index contributed by atoms with van der Waals surface area (Å²) in [6.07, 6.45) is -9.58. The average Bonchev–Trinajstić information content (AvgIpc) is 2.95. The minimum Gasteiger partial charge on any atom is -0.475 e. The smallest absolute Gasteiger partial charge is 0.475 e. The summed E-state index contributed by atoms with van der Waals surface area (Å²) in [6, 6.07) is 5.30. The molecule has 5 nitrogen and oxygen atoms in total. The van der Waals surface area contributed by atoms with E-state index in [2.05, 4.69) is 10.3 Å². The molecule has 2 aromatic rings. The van der Waals surface area contributed by atoms with E-state index >= 15 is 0 Å². The molecule has 0 saturated heterocycles. The van der Waals surface area contributed by atoms with Gasteiger partial charge < -0.3 is 15.0 Å². The molecule has 0 unspecified atom stereocenters. The lowest BCUT2D eigenvalue weighted by atomic mass is 10.1. The van der Waals surface area contributed by atoms with Crippen LogP contribution in [0, 0.1) is 5.82 Å². The van der Waals surface area contributed by atoms with Crippen molar-refractivity contribution in [3.8, 4) is 11.3 Å². The number of nitrogens with zero attached hydrogens (tertiary/aromatic N) is 2. The highest BCUT2D eigenvalue weighted by Crippen LogP contribution is 2.34. The lowest BCUT2D eigenvalue weighted by molar-refractivity contribution is -0.192. The molecule has 0 fully saturated rings. The summed E-state index contributed by atoms with van der Waals surface area (Å²) in [6.45, 7) is 1.00. The molecule has 1 aromatic carbocycles. The number of aromatic nitrogens is 2. The molecule has 0 saturated carbocycles.